The summed E-state index contributed by atoms with van der Waals surface area (Å²) in [6.07, 6.45) is 3.13. The lowest BCUT2D eigenvalue weighted by atomic mass is 10.1. The van der Waals surface area contributed by atoms with E-state index in [9.17, 15) is 9.59 Å². The number of allylic oxidation sites excluding steroid dienone is 2. The van der Waals surface area contributed by atoms with Crippen molar-refractivity contribution in [1.82, 2.24) is 5.32 Å². The van der Waals surface area contributed by atoms with E-state index in [-0.39, 0.29) is 12.2 Å². The van der Waals surface area contributed by atoms with Crippen LogP contribution in [0.1, 0.15) is 12.0 Å². The number of ketones is 1. The largest absolute Gasteiger partial charge is 0.417 e. The van der Waals surface area contributed by atoms with Crippen LogP contribution >= 0.6 is 0 Å². The molecule has 2 aromatic rings. The van der Waals surface area contributed by atoms with E-state index in [2.05, 4.69) is 5.32 Å². The number of amides is 1. The van der Waals surface area contributed by atoms with E-state index < -0.39 is 6.09 Å². The number of carbonyl (C=O) groups is 2. The van der Waals surface area contributed by atoms with Gasteiger partial charge < -0.3 is 4.74 Å². The maximum atomic E-state index is 12.0. The Balaban J connectivity index is 1.73. The summed E-state index contributed by atoms with van der Waals surface area (Å²) in [7, 11) is 0. The van der Waals surface area contributed by atoms with Gasteiger partial charge in [0.05, 0.1) is 5.70 Å². The molecular formula is C19H15NO3. The third kappa shape index (κ3) is 3.74. The molecule has 0 aromatic heterocycles. The van der Waals surface area contributed by atoms with Crippen molar-refractivity contribution in [1.29, 1.82) is 0 Å². The summed E-state index contributed by atoms with van der Waals surface area (Å²) in [5.74, 6) is 0.423. The van der Waals surface area contributed by atoms with Gasteiger partial charge in [-0.05, 0) is 23.8 Å². The predicted octanol–water partition coefficient (Wildman–Crippen LogP) is 3.72. The Morgan fingerprint density at radius 2 is 1.65 bits per heavy atom. The van der Waals surface area contributed by atoms with E-state index in [1.54, 1.807) is 36.4 Å². The molecule has 0 saturated carbocycles. The van der Waals surface area contributed by atoms with E-state index >= 15 is 0 Å². The van der Waals surface area contributed by atoms with Crippen LogP contribution in [0.5, 0.6) is 5.75 Å². The Kier molecular flexibility index (Phi) is 4.34. The second kappa shape index (κ2) is 6.75. The topological polar surface area (TPSA) is 55.4 Å². The molecule has 114 valence electrons. The second-order valence-corrected chi connectivity index (χ2v) is 5.04. The van der Waals surface area contributed by atoms with Crippen LogP contribution in [0.4, 0.5) is 4.79 Å². The Morgan fingerprint density at radius 3 is 2.35 bits per heavy atom. The summed E-state index contributed by atoms with van der Waals surface area (Å²) < 4.78 is 5.18. The SMILES string of the molecule is O=C(NC1=CCC(=O)C1=Cc1ccccc1)Oc1ccccc1. The maximum Gasteiger partial charge on any atom is 0.417 e. The van der Waals surface area contributed by atoms with Crippen LogP contribution in [0, 0.1) is 0 Å². The van der Waals surface area contributed by atoms with Crippen LogP contribution in [0.25, 0.3) is 6.08 Å². The summed E-state index contributed by atoms with van der Waals surface area (Å²) in [6.45, 7) is 0. The smallest absolute Gasteiger partial charge is 0.410 e. The highest BCUT2D eigenvalue weighted by Gasteiger charge is 2.22. The number of benzene rings is 2. The van der Waals surface area contributed by atoms with Gasteiger partial charge in [0, 0.05) is 12.0 Å². The average Bonchev–Trinajstić information content (AvgIpc) is 2.90. The van der Waals surface area contributed by atoms with Crippen molar-refractivity contribution in [3.63, 3.8) is 0 Å². The zero-order chi connectivity index (χ0) is 16.1. The van der Waals surface area contributed by atoms with Crippen molar-refractivity contribution in [3.8, 4) is 5.75 Å². The normalized spacial score (nSPS) is 15.4. The number of hydrogen-bond donors (Lipinski definition) is 1. The van der Waals surface area contributed by atoms with Gasteiger partial charge in [0.1, 0.15) is 5.75 Å². The second-order valence-electron chi connectivity index (χ2n) is 5.04. The first-order chi connectivity index (χ1) is 11.2. The van der Waals surface area contributed by atoms with Gasteiger partial charge in [0.25, 0.3) is 0 Å². The first-order valence-electron chi connectivity index (χ1n) is 7.27. The molecule has 0 bridgehead atoms. The first-order valence-corrected chi connectivity index (χ1v) is 7.27. The molecule has 0 heterocycles. The molecule has 1 aliphatic carbocycles. The third-order valence-electron chi connectivity index (χ3n) is 3.38. The van der Waals surface area contributed by atoms with Gasteiger partial charge in [0.2, 0.25) is 0 Å². The van der Waals surface area contributed by atoms with Crippen LogP contribution in [-0.2, 0) is 4.79 Å². The van der Waals surface area contributed by atoms with Gasteiger partial charge >= 0.3 is 6.09 Å². The van der Waals surface area contributed by atoms with E-state index in [1.165, 1.54) is 0 Å². The number of rotatable bonds is 3. The number of carbonyl (C=O) groups excluding carboxylic acids is 2. The van der Waals surface area contributed by atoms with Gasteiger partial charge in [-0.15, -0.1) is 0 Å². The maximum absolute atomic E-state index is 12.0. The molecule has 1 N–H and O–H groups in total. The van der Waals surface area contributed by atoms with Crippen LogP contribution < -0.4 is 10.1 Å². The van der Waals surface area contributed by atoms with Crippen molar-refractivity contribution >= 4 is 18.0 Å². The number of para-hydroxylation sites is 1. The minimum Gasteiger partial charge on any atom is -0.410 e. The van der Waals surface area contributed by atoms with Gasteiger partial charge in [-0.1, -0.05) is 54.6 Å². The zero-order valence-corrected chi connectivity index (χ0v) is 12.4. The molecule has 0 spiro atoms. The Labute approximate surface area is 134 Å². The fraction of sp³-hybridized carbons (Fsp3) is 0.0526. The van der Waals surface area contributed by atoms with E-state index in [0.29, 0.717) is 17.0 Å². The summed E-state index contributed by atoms with van der Waals surface area (Å²) in [4.78, 5) is 24.0. The summed E-state index contributed by atoms with van der Waals surface area (Å²) in [6, 6.07) is 18.3. The minimum absolute atomic E-state index is 0.0242. The molecule has 0 fully saturated rings. The van der Waals surface area contributed by atoms with Gasteiger partial charge in [-0.2, -0.15) is 0 Å². The van der Waals surface area contributed by atoms with Crippen molar-refractivity contribution in [2.24, 2.45) is 0 Å². The number of nitrogens with one attached hydrogen (secondary N) is 1. The van der Waals surface area contributed by atoms with E-state index in [4.69, 9.17) is 4.74 Å². The standard InChI is InChI=1S/C19H15NO3/c21-18-12-11-17(16(18)13-14-7-3-1-4-8-14)20-19(22)23-15-9-5-2-6-10-15/h1-11,13H,12H2,(H,20,22). The molecule has 0 radical (unpaired) electrons. The van der Waals surface area contributed by atoms with Crippen LogP contribution in [-0.4, -0.2) is 11.9 Å². The molecule has 3 rings (SSSR count). The molecule has 1 aliphatic rings. The van der Waals surface area contributed by atoms with Crippen LogP contribution in [0.15, 0.2) is 78.0 Å². The van der Waals surface area contributed by atoms with Crippen molar-refractivity contribution < 1.29 is 14.3 Å². The minimum atomic E-state index is -0.615. The molecule has 4 heteroatoms. The predicted molar refractivity (Wildman–Crippen MR) is 87.7 cm³/mol. The molecular weight excluding hydrogens is 290 g/mol. The fourth-order valence-electron chi connectivity index (χ4n) is 2.29. The molecule has 23 heavy (non-hydrogen) atoms. The first kappa shape index (κ1) is 14.8. The summed E-state index contributed by atoms with van der Waals surface area (Å²) in [5.41, 5.74) is 1.88. The molecule has 2 aromatic carbocycles. The number of ether oxygens (including phenoxy) is 1. The van der Waals surface area contributed by atoms with Gasteiger partial charge in [-0.3, -0.25) is 10.1 Å². The highest BCUT2D eigenvalue weighted by molar-refractivity contribution is 6.08. The van der Waals surface area contributed by atoms with Crippen LogP contribution in [0.2, 0.25) is 0 Å². The fourth-order valence-corrected chi connectivity index (χ4v) is 2.29. The third-order valence-corrected chi connectivity index (χ3v) is 3.38. The molecule has 4 nitrogen and oxygen atoms in total. The summed E-state index contributed by atoms with van der Waals surface area (Å²) >= 11 is 0. The molecule has 0 unspecified atom stereocenters. The highest BCUT2D eigenvalue weighted by Crippen LogP contribution is 2.22. The Morgan fingerprint density at radius 1 is 1.00 bits per heavy atom. The summed E-state index contributed by atoms with van der Waals surface area (Å²) in [5, 5.41) is 2.64. The van der Waals surface area contributed by atoms with Crippen molar-refractivity contribution in [3.05, 3.63) is 83.6 Å². The van der Waals surface area contributed by atoms with E-state index in [0.717, 1.165) is 5.56 Å². The quantitative estimate of drug-likeness (QED) is 0.879. The molecule has 0 aliphatic heterocycles. The lowest BCUT2D eigenvalue weighted by Gasteiger charge is -2.08. The molecule has 0 saturated heterocycles. The average molecular weight is 305 g/mol. The zero-order valence-electron chi connectivity index (χ0n) is 12.4. The van der Waals surface area contributed by atoms with Gasteiger partial charge in [0.15, 0.2) is 5.78 Å². The van der Waals surface area contributed by atoms with Gasteiger partial charge in [-0.25, -0.2) is 4.79 Å². The number of hydrogen-bond acceptors (Lipinski definition) is 3. The Bertz CT molecular complexity index is 777. The lowest BCUT2D eigenvalue weighted by Crippen LogP contribution is -2.26. The molecule has 0 atom stereocenters. The Hall–Kier alpha value is -3.14. The molecule has 1 amide bonds. The van der Waals surface area contributed by atoms with E-state index in [1.807, 2.05) is 36.4 Å². The van der Waals surface area contributed by atoms with Crippen LogP contribution in [0.3, 0.4) is 0 Å². The van der Waals surface area contributed by atoms with Crippen molar-refractivity contribution in [2.45, 2.75) is 6.42 Å². The van der Waals surface area contributed by atoms with Crippen molar-refractivity contribution in [2.75, 3.05) is 0 Å². The lowest BCUT2D eigenvalue weighted by molar-refractivity contribution is -0.114. The number of Topliss-reactive ketones (excluding diaryl/α,β-unsaturated/α-hetero) is 1. The highest BCUT2D eigenvalue weighted by atomic mass is 16.6. The monoisotopic (exact) mass is 305 g/mol.